The van der Waals surface area contributed by atoms with Gasteiger partial charge in [-0.25, -0.2) is 0 Å². The Bertz CT molecular complexity index is 501. The first-order chi connectivity index (χ1) is 9.74. The van der Waals surface area contributed by atoms with E-state index in [-0.39, 0.29) is 18.0 Å². The van der Waals surface area contributed by atoms with Crippen molar-refractivity contribution in [3.8, 4) is 5.75 Å². The van der Waals surface area contributed by atoms with Crippen molar-refractivity contribution >= 4 is 5.91 Å². The fourth-order valence-electron chi connectivity index (χ4n) is 2.97. The van der Waals surface area contributed by atoms with Crippen LogP contribution in [0.15, 0.2) is 18.2 Å². The molecule has 4 heteroatoms. The third-order valence-electron chi connectivity index (χ3n) is 4.20. The summed E-state index contributed by atoms with van der Waals surface area (Å²) in [4.78, 5) is 12.0. The molecule has 20 heavy (non-hydrogen) atoms. The van der Waals surface area contributed by atoms with Gasteiger partial charge >= 0.3 is 0 Å². The van der Waals surface area contributed by atoms with Gasteiger partial charge in [0, 0.05) is 19.0 Å². The molecule has 2 atom stereocenters. The Hall–Kier alpha value is -1.55. The van der Waals surface area contributed by atoms with E-state index in [1.54, 1.807) is 0 Å². The van der Waals surface area contributed by atoms with E-state index < -0.39 is 0 Å². The zero-order valence-corrected chi connectivity index (χ0v) is 11.9. The lowest BCUT2D eigenvalue weighted by atomic mass is 10.0. The van der Waals surface area contributed by atoms with Gasteiger partial charge in [0.15, 0.2) is 0 Å². The molecule has 2 aliphatic heterocycles. The minimum Gasteiger partial charge on any atom is -0.493 e. The second-order valence-corrected chi connectivity index (χ2v) is 5.69. The molecule has 1 aromatic carbocycles. The third-order valence-corrected chi connectivity index (χ3v) is 4.20. The van der Waals surface area contributed by atoms with Crippen molar-refractivity contribution in [3.63, 3.8) is 0 Å². The quantitative estimate of drug-likeness (QED) is 0.885. The highest BCUT2D eigenvalue weighted by molar-refractivity contribution is 5.81. The molecule has 2 N–H and O–H groups in total. The molecule has 2 heterocycles. The van der Waals surface area contributed by atoms with Crippen molar-refractivity contribution in [1.82, 2.24) is 10.6 Å². The van der Waals surface area contributed by atoms with E-state index in [4.69, 9.17) is 4.74 Å². The number of hydrogen-bond acceptors (Lipinski definition) is 3. The lowest BCUT2D eigenvalue weighted by Gasteiger charge is -2.21. The Kier molecular flexibility index (Phi) is 3.92. The molecule has 0 radical (unpaired) electrons. The first-order valence-electron chi connectivity index (χ1n) is 7.53. The van der Waals surface area contributed by atoms with Gasteiger partial charge in [0.1, 0.15) is 5.75 Å². The minimum atomic E-state index is -0.0722. The maximum Gasteiger partial charge on any atom is 0.237 e. The van der Waals surface area contributed by atoms with Crippen LogP contribution in [0.5, 0.6) is 5.75 Å². The zero-order chi connectivity index (χ0) is 13.9. The molecule has 0 aliphatic carbocycles. The molecule has 0 saturated carbocycles. The standard InChI is InChI=1S/C16H22N2O2/c1-11(18-14-4-2-3-8-17-16(14)19)12-5-6-15-13(10-12)7-9-20-15/h5-6,10-11,14,18H,2-4,7-9H2,1H3,(H,17,19). The van der Waals surface area contributed by atoms with Gasteiger partial charge in [-0.1, -0.05) is 12.1 Å². The predicted octanol–water partition coefficient (Wildman–Crippen LogP) is 1.94. The molecule has 108 valence electrons. The zero-order valence-electron chi connectivity index (χ0n) is 11.9. The van der Waals surface area contributed by atoms with Crippen LogP contribution in [0.4, 0.5) is 0 Å². The SMILES string of the molecule is CC(NC1CCCCNC1=O)c1ccc2c(c1)CCO2. The van der Waals surface area contributed by atoms with E-state index >= 15 is 0 Å². The fourth-order valence-corrected chi connectivity index (χ4v) is 2.97. The number of rotatable bonds is 3. The average Bonchev–Trinajstić information content (AvgIpc) is 2.83. The summed E-state index contributed by atoms with van der Waals surface area (Å²) >= 11 is 0. The topological polar surface area (TPSA) is 50.4 Å². The third kappa shape index (κ3) is 2.80. The van der Waals surface area contributed by atoms with Crippen LogP contribution in [-0.4, -0.2) is 25.1 Å². The summed E-state index contributed by atoms with van der Waals surface area (Å²) in [5, 5.41) is 6.43. The Morgan fingerprint density at radius 2 is 2.30 bits per heavy atom. The molecule has 1 saturated heterocycles. The van der Waals surface area contributed by atoms with Crippen LogP contribution < -0.4 is 15.4 Å². The van der Waals surface area contributed by atoms with Crippen molar-refractivity contribution in [3.05, 3.63) is 29.3 Å². The Labute approximate surface area is 119 Å². The first-order valence-corrected chi connectivity index (χ1v) is 7.53. The number of carbonyl (C=O) groups is 1. The van der Waals surface area contributed by atoms with E-state index in [0.29, 0.717) is 0 Å². The summed E-state index contributed by atoms with van der Waals surface area (Å²) in [5.74, 6) is 1.15. The van der Waals surface area contributed by atoms with Gasteiger partial charge in [-0.15, -0.1) is 0 Å². The molecule has 2 aliphatic rings. The van der Waals surface area contributed by atoms with E-state index in [9.17, 15) is 4.79 Å². The molecule has 4 nitrogen and oxygen atoms in total. The normalized spacial score (nSPS) is 23.4. The highest BCUT2D eigenvalue weighted by atomic mass is 16.5. The van der Waals surface area contributed by atoms with Crippen LogP contribution in [0.2, 0.25) is 0 Å². The largest absolute Gasteiger partial charge is 0.493 e. The smallest absolute Gasteiger partial charge is 0.237 e. The van der Waals surface area contributed by atoms with Gasteiger partial charge in [-0.2, -0.15) is 0 Å². The molecular formula is C16H22N2O2. The van der Waals surface area contributed by atoms with E-state index in [0.717, 1.165) is 44.6 Å². The molecular weight excluding hydrogens is 252 g/mol. The Morgan fingerprint density at radius 3 is 3.20 bits per heavy atom. The molecule has 0 aromatic heterocycles. The summed E-state index contributed by atoms with van der Waals surface area (Å²) in [7, 11) is 0. The molecule has 0 bridgehead atoms. The second-order valence-electron chi connectivity index (χ2n) is 5.69. The van der Waals surface area contributed by atoms with E-state index in [2.05, 4.69) is 29.7 Å². The summed E-state index contributed by atoms with van der Waals surface area (Å²) in [6.45, 7) is 3.71. The van der Waals surface area contributed by atoms with Crippen molar-refractivity contribution in [2.45, 2.75) is 44.7 Å². The lowest BCUT2D eigenvalue weighted by Crippen LogP contribution is -2.43. The number of carbonyl (C=O) groups excluding carboxylic acids is 1. The number of hydrogen-bond donors (Lipinski definition) is 2. The van der Waals surface area contributed by atoms with Gasteiger partial charge in [-0.3, -0.25) is 10.1 Å². The van der Waals surface area contributed by atoms with E-state index in [1.165, 1.54) is 11.1 Å². The molecule has 1 aromatic rings. The fraction of sp³-hybridized carbons (Fsp3) is 0.562. The van der Waals surface area contributed by atoms with Gasteiger partial charge in [0.2, 0.25) is 5.91 Å². The van der Waals surface area contributed by atoms with E-state index in [1.807, 2.05) is 6.07 Å². The lowest BCUT2D eigenvalue weighted by molar-refractivity contribution is -0.123. The van der Waals surface area contributed by atoms with Gasteiger partial charge in [0.25, 0.3) is 0 Å². The first kappa shape index (κ1) is 13.4. The van der Waals surface area contributed by atoms with Crippen LogP contribution in [-0.2, 0) is 11.2 Å². The molecule has 3 rings (SSSR count). The van der Waals surface area contributed by atoms with Crippen LogP contribution in [0, 0.1) is 0 Å². The highest BCUT2D eigenvalue weighted by Gasteiger charge is 2.23. The molecule has 0 spiro atoms. The van der Waals surface area contributed by atoms with Crippen molar-refractivity contribution < 1.29 is 9.53 Å². The number of benzene rings is 1. The molecule has 1 amide bonds. The molecule has 2 unspecified atom stereocenters. The van der Waals surface area contributed by atoms with Crippen molar-refractivity contribution in [2.24, 2.45) is 0 Å². The van der Waals surface area contributed by atoms with Crippen molar-refractivity contribution in [2.75, 3.05) is 13.2 Å². The monoisotopic (exact) mass is 274 g/mol. The van der Waals surface area contributed by atoms with Gasteiger partial charge in [0.05, 0.1) is 12.6 Å². The number of ether oxygens (including phenoxy) is 1. The minimum absolute atomic E-state index is 0.0722. The predicted molar refractivity (Wildman–Crippen MR) is 77.8 cm³/mol. The average molecular weight is 274 g/mol. The summed E-state index contributed by atoms with van der Waals surface area (Å²) in [6, 6.07) is 6.44. The van der Waals surface area contributed by atoms with Crippen molar-refractivity contribution in [1.29, 1.82) is 0 Å². The van der Waals surface area contributed by atoms with Gasteiger partial charge in [-0.05, 0) is 43.4 Å². The highest BCUT2D eigenvalue weighted by Crippen LogP contribution is 2.28. The summed E-state index contributed by atoms with van der Waals surface area (Å²) in [6.07, 6.45) is 4.08. The van der Waals surface area contributed by atoms with Crippen LogP contribution >= 0.6 is 0 Å². The van der Waals surface area contributed by atoms with Crippen LogP contribution in [0.25, 0.3) is 0 Å². The Morgan fingerprint density at radius 1 is 1.40 bits per heavy atom. The molecule has 1 fully saturated rings. The summed E-state index contributed by atoms with van der Waals surface area (Å²) in [5.41, 5.74) is 2.51. The van der Waals surface area contributed by atoms with Crippen LogP contribution in [0.3, 0.4) is 0 Å². The van der Waals surface area contributed by atoms with Crippen LogP contribution in [0.1, 0.15) is 43.4 Å². The number of nitrogens with one attached hydrogen (secondary N) is 2. The number of fused-ring (bicyclic) bond motifs is 1. The Balaban J connectivity index is 1.69. The summed E-state index contributed by atoms with van der Waals surface area (Å²) < 4.78 is 5.53. The number of amides is 1. The second kappa shape index (κ2) is 5.83. The maximum absolute atomic E-state index is 12.0. The van der Waals surface area contributed by atoms with Gasteiger partial charge < -0.3 is 10.1 Å². The maximum atomic E-state index is 12.0.